The summed E-state index contributed by atoms with van der Waals surface area (Å²) in [5.41, 5.74) is 5.20. The van der Waals surface area contributed by atoms with Gasteiger partial charge in [0.05, 0.1) is 6.04 Å². The predicted octanol–water partition coefficient (Wildman–Crippen LogP) is 4.55. The van der Waals surface area contributed by atoms with Crippen molar-refractivity contribution in [2.75, 3.05) is 32.1 Å². The van der Waals surface area contributed by atoms with Gasteiger partial charge in [0.25, 0.3) is 5.91 Å². The van der Waals surface area contributed by atoms with Crippen LogP contribution < -0.4 is 4.90 Å². The van der Waals surface area contributed by atoms with E-state index in [4.69, 9.17) is 0 Å². The van der Waals surface area contributed by atoms with Crippen LogP contribution in [0.4, 0.5) is 5.69 Å². The molecule has 1 heterocycles. The minimum atomic E-state index is -0.0847. The molecular weight excluding hydrogens is 422 g/mol. The molecule has 5 heteroatoms. The molecule has 0 aliphatic carbocycles. The lowest BCUT2D eigenvalue weighted by atomic mass is 10.00. The molecule has 1 fully saturated rings. The number of carbonyl (C=O) groups is 2. The van der Waals surface area contributed by atoms with E-state index in [0.29, 0.717) is 18.7 Å². The normalized spacial score (nSPS) is 16.0. The Bertz CT molecular complexity index is 1130. The average molecular weight is 456 g/mol. The Labute approximate surface area is 202 Å². The van der Waals surface area contributed by atoms with Crippen molar-refractivity contribution in [3.05, 3.63) is 101 Å². The van der Waals surface area contributed by atoms with Gasteiger partial charge in [-0.2, -0.15) is 0 Å². The monoisotopic (exact) mass is 455 g/mol. The van der Waals surface area contributed by atoms with Crippen molar-refractivity contribution in [3.8, 4) is 0 Å². The lowest BCUT2D eigenvalue weighted by Gasteiger charge is -2.41. The fourth-order valence-electron chi connectivity index (χ4n) is 4.56. The van der Waals surface area contributed by atoms with Crippen molar-refractivity contribution >= 4 is 17.5 Å². The highest BCUT2D eigenvalue weighted by atomic mass is 16.2. The molecule has 4 rings (SSSR count). The van der Waals surface area contributed by atoms with E-state index < -0.39 is 0 Å². The molecule has 0 saturated carbocycles. The van der Waals surface area contributed by atoms with Gasteiger partial charge in [0.15, 0.2) is 0 Å². The third-order valence-electron chi connectivity index (χ3n) is 6.48. The molecule has 1 atom stereocenters. The first kappa shape index (κ1) is 23.6. The van der Waals surface area contributed by atoms with Crippen LogP contribution in [0.3, 0.4) is 0 Å². The summed E-state index contributed by atoms with van der Waals surface area (Å²) in [6.07, 6.45) is 1.67. The maximum absolute atomic E-state index is 13.3. The second-order valence-corrected chi connectivity index (χ2v) is 9.32. The molecule has 3 aromatic rings. The highest BCUT2D eigenvalue weighted by Gasteiger charge is 2.34. The Morgan fingerprint density at radius 1 is 0.941 bits per heavy atom. The fourth-order valence-corrected chi connectivity index (χ4v) is 4.56. The van der Waals surface area contributed by atoms with Gasteiger partial charge in [-0.05, 0) is 55.2 Å². The smallest absolute Gasteiger partial charge is 0.254 e. The molecule has 1 saturated heterocycles. The summed E-state index contributed by atoms with van der Waals surface area (Å²) in [7, 11) is 3.95. The summed E-state index contributed by atoms with van der Waals surface area (Å²) in [6.45, 7) is 3.29. The van der Waals surface area contributed by atoms with Crippen molar-refractivity contribution in [2.45, 2.75) is 32.4 Å². The number of benzene rings is 3. The molecule has 3 aromatic carbocycles. The summed E-state index contributed by atoms with van der Waals surface area (Å²) < 4.78 is 0. The van der Waals surface area contributed by atoms with Crippen molar-refractivity contribution in [1.29, 1.82) is 0 Å². The molecule has 176 valence electrons. The van der Waals surface area contributed by atoms with E-state index in [1.165, 1.54) is 11.1 Å². The van der Waals surface area contributed by atoms with Gasteiger partial charge in [0.1, 0.15) is 6.54 Å². The van der Waals surface area contributed by atoms with Gasteiger partial charge in [0, 0.05) is 38.4 Å². The SMILES string of the molecule is Cc1cccc(CN2C(=O)CN(C(=O)c3ccc(N(C)C)cc3)C[C@@H]2CCc2ccccc2)c1. The van der Waals surface area contributed by atoms with E-state index in [2.05, 4.69) is 37.3 Å². The van der Waals surface area contributed by atoms with Crippen LogP contribution in [-0.2, 0) is 17.8 Å². The highest BCUT2D eigenvalue weighted by Crippen LogP contribution is 2.22. The molecular formula is C29H33N3O2. The number of hydrogen-bond acceptors (Lipinski definition) is 3. The summed E-state index contributed by atoms with van der Waals surface area (Å²) in [6, 6.07) is 26.2. The maximum atomic E-state index is 13.3. The van der Waals surface area contributed by atoms with E-state index >= 15 is 0 Å². The molecule has 1 aliphatic heterocycles. The van der Waals surface area contributed by atoms with Crippen LogP contribution >= 0.6 is 0 Å². The van der Waals surface area contributed by atoms with Crippen LogP contribution in [-0.4, -0.2) is 54.8 Å². The Balaban J connectivity index is 1.53. The van der Waals surface area contributed by atoms with E-state index in [0.717, 1.165) is 24.1 Å². The zero-order chi connectivity index (χ0) is 24.1. The van der Waals surface area contributed by atoms with Gasteiger partial charge in [-0.1, -0.05) is 60.2 Å². The number of nitrogens with zero attached hydrogens (tertiary/aromatic N) is 3. The van der Waals surface area contributed by atoms with Gasteiger partial charge in [-0.3, -0.25) is 9.59 Å². The first-order valence-electron chi connectivity index (χ1n) is 11.9. The number of piperazine rings is 1. The lowest BCUT2D eigenvalue weighted by molar-refractivity contribution is -0.139. The fraction of sp³-hybridized carbons (Fsp3) is 0.310. The van der Waals surface area contributed by atoms with Crippen LogP contribution in [0.25, 0.3) is 0 Å². The van der Waals surface area contributed by atoms with E-state index in [-0.39, 0.29) is 24.4 Å². The number of hydrogen-bond donors (Lipinski definition) is 0. The van der Waals surface area contributed by atoms with Crippen LogP contribution in [0.15, 0.2) is 78.9 Å². The molecule has 2 amide bonds. The first-order valence-corrected chi connectivity index (χ1v) is 11.9. The standard InChI is InChI=1S/C29H33N3O2/c1-22-8-7-11-24(18-22)19-32-27(15-12-23-9-5-4-6-10-23)20-31(21-28(32)33)29(34)25-13-16-26(17-14-25)30(2)3/h4-11,13-14,16-18,27H,12,15,19-21H2,1-3H3/t27-/m0/s1. The number of anilines is 1. The molecule has 34 heavy (non-hydrogen) atoms. The van der Waals surface area contributed by atoms with Gasteiger partial charge >= 0.3 is 0 Å². The first-order chi connectivity index (χ1) is 16.4. The molecule has 0 unspecified atom stereocenters. The summed E-state index contributed by atoms with van der Waals surface area (Å²) >= 11 is 0. The van der Waals surface area contributed by atoms with E-state index in [1.807, 2.05) is 72.4 Å². The van der Waals surface area contributed by atoms with Crippen LogP contribution in [0, 0.1) is 6.92 Å². The molecule has 1 aliphatic rings. The van der Waals surface area contributed by atoms with Crippen LogP contribution in [0.2, 0.25) is 0 Å². The second-order valence-electron chi connectivity index (χ2n) is 9.32. The quantitative estimate of drug-likeness (QED) is 0.525. The minimum Gasteiger partial charge on any atom is -0.378 e. The van der Waals surface area contributed by atoms with Crippen molar-refractivity contribution < 1.29 is 9.59 Å². The highest BCUT2D eigenvalue weighted by molar-refractivity contribution is 5.97. The average Bonchev–Trinajstić information content (AvgIpc) is 2.84. The predicted molar refractivity (Wildman–Crippen MR) is 137 cm³/mol. The molecule has 0 N–H and O–H groups in total. The van der Waals surface area contributed by atoms with Crippen molar-refractivity contribution in [2.24, 2.45) is 0 Å². The molecule has 0 aromatic heterocycles. The number of rotatable bonds is 7. The lowest BCUT2D eigenvalue weighted by Crippen LogP contribution is -2.57. The molecule has 0 radical (unpaired) electrons. The van der Waals surface area contributed by atoms with E-state index in [9.17, 15) is 9.59 Å². The zero-order valence-electron chi connectivity index (χ0n) is 20.3. The van der Waals surface area contributed by atoms with Gasteiger partial charge in [0.2, 0.25) is 5.91 Å². The number of aryl methyl sites for hydroxylation is 2. The van der Waals surface area contributed by atoms with Gasteiger partial charge in [-0.15, -0.1) is 0 Å². The maximum Gasteiger partial charge on any atom is 0.254 e. The van der Waals surface area contributed by atoms with Crippen molar-refractivity contribution in [3.63, 3.8) is 0 Å². The van der Waals surface area contributed by atoms with E-state index in [1.54, 1.807) is 4.90 Å². The Kier molecular flexibility index (Phi) is 7.31. The third-order valence-corrected chi connectivity index (χ3v) is 6.48. The Morgan fingerprint density at radius 2 is 1.65 bits per heavy atom. The largest absolute Gasteiger partial charge is 0.378 e. The molecule has 0 bridgehead atoms. The summed E-state index contributed by atoms with van der Waals surface area (Å²) in [5.74, 6) is -0.0809. The molecule has 0 spiro atoms. The summed E-state index contributed by atoms with van der Waals surface area (Å²) in [4.78, 5) is 32.3. The van der Waals surface area contributed by atoms with Gasteiger partial charge < -0.3 is 14.7 Å². The minimum absolute atomic E-state index is 0.00378. The van der Waals surface area contributed by atoms with Gasteiger partial charge in [-0.25, -0.2) is 0 Å². The Morgan fingerprint density at radius 3 is 2.32 bits per heavy atom. The molecule has 5 nitrogen and oxygen atoms in total. The van der Waals surface area contributed by atoms with Crippen LogP contribution in [0.5, 0.6) is 0 Å². The topological polar surface area (TPSA) is 43.9 Å². The zero-order valence-corrected chi connectivity index (χ0v) is 20.3. The van der Waals surface area contributed by atoms with Crippen molar-refractivity contribution in [1.82, 2.24) is 9.80 Å². The third kappa shape index (κ3) is 5.66. The Hall–Kier alpha value is -3.60. The number of amides is 2. The second kappa shape index (κ2) is 10.6. The summed E-state index contributed by atoms with van der Waals surface area (Å²) in [5, 5.41) is 0. The number of carbonyl (C=O) groups excluding carboxylic acids is 2. The van der Waals surface area contributed by atoms with Crippen LogP contribution in [0.1, 0.15) is 33.5 Å².